The molecule has 4 rings (SSSR count). The van der Waals surface area contributed by atoms with Crippen LogP contribution in [0.25, 0.3) is 10.4 Å². The van der Waals surface area contributed by atoms with Gasteiger partial charge in [-0.25, -0.2) is 8.42 Å². The number of thiophene rings is 1. The number of benzene rings is 2. The molecule has 1 aromatic heterocycles. The van der Waals surface area contributed by atoms with Gasteiger partial charge in [0.15, 0.2) is 9.84 Å². The van der Waals surface area contributed by atoms with Crippen LogP contribution >= 0.6 is 11.3 Å². The quantitative estimate of drug-likeness (QED) is 0.628. The van der Waals surface area contributed by atoms with Gasteiger partial charge in [0, 0.05) is 17.0 Å². The summed E-state index contributed by atoms with van der Waals surface area (Å²) >= 11 is 1.33. The van der Waals surface area contributed by atoms with Crippen LogP contribution in [0, 0.1) is 0 Å². The fraction of sp³-hybridized carbons (Fsp3) is 0.227. The van der Waals surface area contributed by atoms with E-state index in [1.165, 1.54) is 11.3 Å². The van der Waals surface area contributed by atoms with Gasteiger partial charge in [-0.2, -0.15) is 0 Å². The molecule has 0 saturated carbocycles. The molecule has 1 aliphatic heterocycles. The summed E-state index contributed by atoms with van der Waals surface area (Å²) < 4.78 is 35.7. The van der Waals surface area contributed by atoms with Gasteiger partial charge in [0.1, 0.15) is 11.5 Å². The van der Waals surface area contributed by atoms with Crippen molar-refractivity contribution in [2.45, 2.75) is 17.1 Å². The number of fused-ring (bicyclic) bond motifs is 3. The second-order valence-electron chi connectivity index (χ2n) is 6.90. The average molecular weight is 444 g/mol. The Bertz CT molecular complexity index is 1210. The van der Waals surface area contributed by atoms with Crippen molar-refractivity contribution in [3.05, 3.63) is 64.5 Å². The number of rotatable bonds is 6. The van der Waals surface area contributed by atoms with Gasteiger partial charge in [-0.05, 0) is 47.9 Å². The van der Waals surface area contributed by atoms with Crippen LogP contribution in [-0.2, 0) is 22.0 Å². The number of ether oxygens (including phenoxy) is 2. The molecule has 0 radical (unpaired) electrons. The van der Waals surface area contributed by atoms with E-state index < -0.39 is 9.84 Å². The minimum absolute atomic E-state index is 0.0792. The standard InChI is InChI=1S/C22H21NO5S2/c1-27-16-7-8-18(28-2)14(11-16)9-10-23-22(24)19-12-15-13-30(25,26)20-6-4-3-5-17(20)21(15)29-19/h3-8,11-12H,9-10,13H2,1-2H3,(H,23,24). The van der Waals surface area contributed by atoms with Crippen LogP contribution in [0.4, 0.5) is 0 Å². The largest absolute Gasteiger partial charge is 0.497 e. The normalized spacial score (nSPS) is 13.8. The SMILES string of the molecule is COc1ccc(OC)c(CCNC(=O)c2cc3c(s2)-c2ccccc2S(=O)(=O)C3)c1. The van der Waals surface area contributed by atoms with E-state index >= 15 is 0 Å². The highest BCUT2D eigenvalue weighted by molar-refractivity contribution is 7.91. The van der Waals surface area contributed by atoms with E-state index in [2.05, 4.69) is 5.32 Å². The van der Waals surface area contributed by atoms with E-state index in [0.29, 0.717) is 33.9 Å². The predicted octanol–water partition coefficient (Wildman–Crippen LogP) is 3.69. The highest BCUT2D eigenvalue weighted by atomic mass is 32.2. The van der Waals surface area contributed by atoms with Gasteiger partial charge in [0.2, 0.25) is 0 Å². The average Bonchev–Trinajstić information content (AvgIpc) is 3.17. The summed E-state index contributed by atoms with van der Waals surface area (Å²) in [7, 11) is -0.181. The number of carbonyl (C=O) groups excluding carboxylic acids is 1. The molecule has 3 aromatic rings. The van der Waals surface area contributed by atoms with Gasteiger partial charge in [0.25, 0.3) is 5.91 Å². The fourth-order valence-electron chi connectivity index (χ4n) is 3.56. The monoisotopic (exact) mass is 443 g/mol. The first-order valence-electron chi connectivity index (χ1n) is 9.37. The number of hydrogen-bond acceptors (Lipinski definition) is 6. The van der Waals surface area contributed by atoms with Gasteiger partial charge < -0.3 is 14.8 Å². The Hall–Kier alpha value is -2.84. The lowest BCUT2D eigenvalue weighted by atomic mass is 10.1. The van der Waals surface area contributed by atoms with Gasteiger partial charge >= 0.3 is 0 Å². The zero-order chi connectivity index (χ0) is 21.3. The van der Waals surface area contributed by atoms with Crippen molar-refractivity contribution < 1.29 is 22.7 Å². The van der Waals surface area contributed by atoms with Crippen molar-refractivity contribution in [3.63, 3.8) is 0 Å². The molecule has 0 saturated heterocycles. The van der Waals surface area contributed by atoms with Crippen LogP contribution < -0.4 is 14.8 Å². The number of hydrogen-bond donors (Lipinski definition) is 1. The zero-order valence-corrected chi connectivity index (χ0v) is 18.2. The Kier molecular flexibility index (Phi) is 5.53. The molecule has 30 heavy (non-hydrogen) atoms. The molecule has 0 spiro atoms. The Morgan fingerprint density at radius 2 is 1.90 bits per heavy atom. The van der Waals surface area contributed by atoms with Crippen molar-refractivity contribution >= 4 is 27.1 Å². The molecule has 0 aliphatic carbocycles. The van der Waals surface area contributed by atoms with E-state index in [9.17, 15) is 13.2 Å². The summed E-state index contributed by atoms with van der Waals surface area (Å²) in [5.74, 6) is 1.16. The lowest BCUT2D eigenvalue weighted by Gasteiger charge is -2.15. The van der Waals surface area contributed by atoms with E-state index in [-0.39, 0.29) is 11.7 Å². The maximum Gasteiger partial charge on any atom is 0.261 e. The zero-order valence-electron chi connectivity index (χ0n) is 16.6. The van der Waals surface area contributed by atoms with Crippen molar-refractivity contribution in [1.29, 1.82) is 0 Å². The number of nitrogens with one attached hydrogen (secondary N) is 1. The van der Waals surface area contributed by atoms with E-state index in [0.717, 1.165) is 21.9 Å². The van der Waals surface area contributed by atoms with Crippen molar-refractivity contribution in [2.24, 2.45) is 0 Å². The van der Waals surface area contributed by atoms with Crippen molar-refractivity contribution in [3.8, 4) is 21.9 Å². The van der Waals surface area contributed by atoms with Crippen molar-refractivity contribution in [2.75, 3.05) is 20.8 Å². The molecular weight excluding hydrogens is 422 g/mol. The van der Waals surface area contributed by atoms with Crippen LogP contribution in [0.1, 0.15) is 20.8 Å². The number of methoxy groups -OCH3 is 2. The predicted molar refractivity (Wildman–Crippen MR) is 116 cm³/mol. The molecule has 1 N–H and O–H groups in total. The molecular formula is C22H21NO5S2. The van der Waals surface area contributed by atoms with E-state index in [1.54, 1.807) is 38.5 Å². The second kappa shape index (κ2) is 8.12. The maximum atomic E-state index is 12.7. The summed E-state index contributed by atoms with van der Waals surface area (Å²) in [4.78, 5) is 14.4. The first kappa shape index (κ1) is 20.4. The van der Waals surface area contributed by atoms with Crippen LogP contribution in [0.2, 0.25) is 0 Å². The molecule has 156 valence electrons. The highest BCUT2D eigenvalue weighted by Gasteiger charge is 2.30. The molecule has 2 heterocycles. The summed E-state index contributed by atoms with van der Waals surface area (Å²) in [5.41, 5.74) is 2.28. The topological polar surface area (TPSA) is 81.7 Å². The Morgan fingerprint density at radius 1 is 1.10 bits per heavy atom. The summed E-state index contributed by atoms with van der Waals surface area (Å²) in [6.45, 7) is 0.416. The van der Waals surface area contributed by atoms with Crippen LogP contribution in [0.3, 0.4) is 0 Å². The third-order valence-electron chi connectivity index (χ3n) is 5.01. The molecule has 0 bridgehead atoms. The van der Waals surface area contributed by atoms with Crippen LogP contribution in [0.15, 0.2) is 53.4 Å². The van der Waals surface area contributed by atoms with Crippen molar-refractivity contribution in [1.82, 2.24) is 5.32 Å². The lowest BCUT2D eigenvalue weighted by Crippen LogP contribution is -2.25. The van der Waals surface area contributed by atoms with Crippen LogP contribution in [-0.4, -0.2) is 35.1 Å². The molecule has 1 aliphatic rings. The van der Waals surface area contributed by atoms with Gasteiger partial charge in [0.05, 0.1) is 29.7 Å². The molecule has 0 atom stereocenters. The Labute approximate surface area is 179 Å². The molecule has 1 amide bonds. The summed E-state index contributed by atoms with van der Waals surface area (Å²) in [6, 6.07) is 14.2. The van der Waals surface area contributed by atoms with Gasteiger partial charge in [-0.3, -0.25) is 4.79 Å². The van der Waals surface area contributed by atoms with E-state index in [1.807, 2.05) is 24.3 Å². The third kappa shape index (κ3) is 3.80. The molecule has 8 heteroatoms. The number of amides is 1. The first-order chi connectivity index (χ1) is 14.4. The Balaban J connectivity index is 1.50. The number of sulfone groups is 1. The maximum absolute atomic E-state index is 12.7. The first-order valence-corrected chi connectivity index (χ1v) is 11.8. The summed E-state index contributed by atoms with van der Waals surface area (Å²) in [6.07, 6.45) is 0.578. The van der Waals surface area contributed by atoms with E-state index in [4.69, 9.17) is 9.47 Å². The lowest BCUT2D eigenvalue weighted by molar-refractivity contribution is 0.0958. The smallest absolute Gasteiger partial charge is 0.261 e. The van der Waals surface area contributed by atoms with Gasteiger partial charge in [-0.1, -0.05) is 18.2 Å². The third-order valence-corrected chi connectivity index (χ3v) is 7.94. The van der Waals surface area contributed by atoms with Crippen LogP contribution in [0.5, 0.6) is 11.5 Å². The molecule has 2 aromatic carbocycles. The Morgan fingerprint density at radius 3 is 2.67 bits per heavy atom. The van der Waals surface area contributed by atoms with Gasteiger partial charge in [-0.15, -0.1) is 11.3 Å². The highest BCUT2D eigenvalue weighted by Crippen LogP contribution is 2.42. The second-order valence-corrected chi connectivity index (χ2v) is 9.91. The number of carbonyl (C=O) groups is 1. The molecule has 0 fully saturated rings. The minimum atomic E-state index is -3.39. The fourth-order valence-corrected chi connectivity index (χ4v) is 6.43. The minimum Gasteiger partial charge on any atom is -0.497 e. The summed E-state index contributed by atoms with van der Waals surface area (Å²) in [5, 5.41) is 2.92. The molecule has 0 unspecified atom stereocenters. The molecule has 6 nitrogen and oxygen atoms in total.